The number of pyridine rings is 6. The number of fused-ring (bicyclic) bond motifs is 6. The van der Waals surface area contributed by atoms with Crippen LogP contribution in [0.1, 0.15) is 116 Å². The third kappa shape index (κ3) is 15.4. The Morgan fingerprint density at radius 1 is 0.237 bits per heavy atom. The van der Waals surface area contributed by atoms with Crippen LogP contribution in [0.2, 0.25) is 0 Å². The van der Waals surface area contributed by atoms with Crippen molar-refractivity contribution < 1.29 is 0 Å². The van der Waals surface area contributed by atoms with Crippen LogP contribution in [0.5, 0.6) is 0 Å². The molecule has 0 amide bonds. The second kappa shape index (κ2) is 34.8. The predicted octanol–water partition coefficient (Wildman–Crippen LogP) is 22.3. The molecule has 0 unspecified atom stereocenters. The van der Waals surface area contributed by atoms with Gasteiger partial charge in [0.15, 0.2) is 34.9 Å². The fourth-order valence-corrected chi connectivity index (χ4v) is 17.2. The summed E-state index contributed by atoms with van der Waals surface area (Å²) in [7, 11) is 4.21. The Morgan fingerprint density at radius 2 is 0.491 bits per heavy atom. The van der Waals surface area contributed by atoms with Gasteiger partial charge in [-0.1, -0.05) is 109 Å². The van der Waals surface area contributed by atoms with Gasteiger partial charge < -0.3 is 58.8 Å². The average molecular weight is 1520 g/mol. The van der Waals surface area contributed by atoms with Crippen molar-refractivity contribution in [2.75, 3.05) is 86.0 Å². The van der Waals surface area contributed by atoms with E-state index >= 15 is 0 Å². The van der Waals surface area contributed by atoms with E-state index in [2.05, 4.69) is 409 Å². The molecule has 0 spiro atoms. The van der Waals surface area contributed by atoms with Gasteiger partial charge in [0.1, 0.15) is 37.0 Å². The lowest BCUT2D eigenvalue weighted by molar-refractivity contribution is 0.601. The van der Waals surface area contributed by atoms with E-state index in [0.717, 1.165) is 48.0 Å². The first-order chi connectivity index (χ1) is 55.1. The number of hydrogen-bond acceptors (Lipinski definition) is 18. The maximum Gasteiger partial charge on any atom is 0.158 e. The Kier molecular flexibility index (Phi) is 24.4. The molecule has 6 aromatic carbocycles. The normalized spacial score (nSPS) is 17.8. The maximum atomic E-state index is 4.63. The van der Waals surface area contributed by atoms with Crippen LogP contribution in [-0.4, -0.2) is 106 Å². The van der Waals surface area contributed by atoms with Crippen LogP contribution in [0.4, 0.5) is 103 Å². The molecule has 12 aromatic rings. The topological polar surface area (TPSA) is 116 Å². The molecule has 18 nitrogen and oxygen atoms in total. The second-order valence-corrected chi connectivity index (χ2v) is 30.6. The first kappa shape index (κ1) is 79.9. The summed E-state index contributed by atoms with van der Waals surface area (Å²) in [6, 6.07) is 76.8. The van der Waals surface area contributed by atoms with Crippen LogP contribution >= 0.6 is 0 Å². The molecule has 0 fully saturated rings. The Bertz CT molecular complexity index is 4940. The van der Waals surface area contributed by atoms with Gasteiger partial charge in [-0.15, -0.1) is 0 Å². The van der Waals surface area contributed by atoms with Crippen molar-refractivity contribution in [3.63, 3.8) is 0 Å². The summed E-state index contributed by atoms with van der Waals surface area (Å²) in [5.41, 5.74) is 22.4. The molecule has 18 rings (SSSR count). The molecule has 588 valence electrons. The van der Waals surface area contributed by atoms with E-state index in [1.165, 1.54) is 102 Å². The van der Waals surface area contributed by atoms with Gasteiger partial charge in [-0.3, -0.25) is 0 Å². The number of rotatable bonds is 10. The zero-order chi connectivity index (χ0) is 80.8. The van der Waals surface area contributed by atoms with E-state index in [9.17, 15) is 0 Å². The van der Waals surface area contributed by atoms with Gasteiger partial charge >= 0.3 is 0 Å². The molecule has 0 radical (unpaired) electrons. The highest BCUT2D eigenvalue weighted by atomic mass is 15.5. The minimum Gasteiger partial charge on any atom is -0.351 e. The molecule has 6 aliphatic rings. The summed E-state index contributed by atoms with van der Waals surface area (Å²) in [6.45, 7) is 41.5. The zero-order valence-corrected chi connectivity index (χ0v) is 70.3. The summed E-state index contributed by atoms with van der Waals surface area (Å²) in [5.74, 6) is 6.38. The first-order valence-electron chi connectivity index (χ1n) is 40.4. The van der Waals surface area contributed by atoms with Crippen LogP contribution < -0.4 is 58.8 Å². The SMILES string of the molecule is CCN1c2cccnc2N(c2ccccc2C)[C@@H]1C.CCN1c2ncccc2N(c2ccccc2C)[C@@H]1C.Cc1ccccc1N1c2cccnc2N(C(C)C)[C@H]1C.Cc1ccccc1N1c2cccnc2N(C)[C@H]1C.Cc1ccccc1N1c2ncccc2N(C(C)C)[C@H]1C.Cc1ccccc1N1c2ncccc2N(C)[C@H]1C. The van der Waals surface area contributed by atoms with E-state index < -0.39 is 0 Å². The van der Waals surface area contributed by atoms with Crippen molar-refractivity contribution in [2.24, 2.45) is 0 Å². The standard InChI is InChI=1S/2C17H21N3.2C16H19N3.2C15H17N3/c1-12(2)19-14(4)20(15-9-6-5-8-13(15)3)16-10-7-11-18-17(16)19;1-12(2)19-14(4)20(15-9-6-5-8-13(15)3)17-16(19)10-7-11-18-17;1-4-18-13(3)19(14-9-6-5-8-12(14)2)15-10-7-11-17-16(15)18;1-4-18-13(3)19(14-9-6-5-8-12(14)2)16-15(18)10-7-11-17-16;1-11-7-4-5-8-13(11)18-12(2)17(3)15-14(18)9-6-10-16-15;1-11-7-4-5-8-13(11)18-12(2)17(3)14-9-6-10-16-15(14)18/h2*5-12,14H,1-4H3;2*5-11,13H,4H2,1-3H3;2*4-10,12H,1-3H3/t2*14-;2*13-;2*12-/m111111/s1. The van der Waals surface area contributed by atoms with Crippen molar-refractivity contribution >= 4 is 103 Å². The number of anilines is 18. The number of para-hydroxylation sites is 6. The Labute approximate surface area is 677 Å². The summed E-state index contributed by atoms with van der Waals surface area (Å²) < 4.78 is 0. The van der Waals surface area contributed by atoms with Gasteiger partial charge in [-0.2, -0.15) is 0 Å². The second-order valence-electron chi connectivity index (χ2n) is 30.6. The number of nitrogens with zero attached hydrogens (tertiary/aromatic N) is 18. The van der Waals surface area contributed by atoms with Gasteiger partial charge in [0, 0.05) is 111 Å². The number of benzene rings is 6. The van der Waals surface area contributed by atoms with Gasteiger partial charge in [0.25, 0.3) is 0 Å². The van der Waals surface area contributed by atoms with E-state index in [1.807, 2.05) is 73.6 Å². The lowest BCUT2D eigenvalue weighted by Gasteiger charge is -2.33. The minimum atomic E-state index is 0.279. The van der Waals surface area contributed by atoms with Gasteiger partial charge in [-0.05, 0) is 267 Å². The molecule has 18 heteroatoms. The van der Waals surface area contributed by atoms with Crippen LogP contribution in [0.15, 0.2) is 256 Å². The van der Waals surface area contributed by atoms with Crippen LogP contribution in [-0.2, 0) is 0 Å². The van der Waals surface area contributed by atoms with Crippen LogP contribution in [0.3, 0.4) is 0 Å². The van der Waals surface area contributed by atoms with Crippen molar-refractivity contribution in [2.45, 2.75) is 174 Å². The summed E-state index contributed by atoms with van der Waals surface area (Å²) in [4.78, 5) is 55.5. The molecule has 6 atom stereocenters. The van der Waals surface area contributed by atoms with E-state index in [-0.39, 0.29) is 24.7 Å². The average Bonchev–Trinajstić information content (AvgIpc) is 1.69. The Hall–Kier alpha value is -12.2. The van der Waals surface area contributed by atoms with Gasteiger partial charge in [0.05, 0.1) is 34.1 Å². The molecular weight excluding hydrogens is 1410 g/mol. The van der Waals surface area contributed by atoms with E-state index in [0.29, 0.717) is 24.4 Å². The molecule has 0 saturated heterocycles. The first-order valence-corrected chi connectivity index (χ1v) is 40.4. The molecule has 12 heterocycles. The molecule has 114 heavy (non-hydrogen) atoms. The number of aryl methyl sites for hydroxylation is 6. The monoisotopic (exact) mass is 1520 g/mol. The molecule has 6 aliphatic heterocycles. The summed E-state index contributed by atoms with van der Waals surface area (Å²) in [6.07, 6.45) is 12.9. The van der Waals surface area contributed by atoms with E-state index in [4.69, 9.17) is 0 Å². The molecular formula is C96H114N18. The summed E-state index contributed by atoms with van der Waals surface area (Å²) in [5, 5.41) is 0. The molecule has 0 N–H and O–H groups in total. The van der Waals surface area contributed by atoms with Crippen molar-refractivity contribution in [1.29, 1.82) is 0 Å². The largest absolute Gasteiger partial charge is 0.351 e. The van der Waals surface area contributed by atoms with Crippen LogP contribution in [0.25, 0.3) is 0 Å². The third-order valence-corrected chi connectivity index (χ3v) is 23.0. The zero-order valence-electron chi connectivity index (χ0n) is 70.3. The highest BCUT2D eigenvalue weighted by Gasteiger charge is 2.41. The highest BCUT2D eigenvalue weighted by Crippen LogP contribution is 2.50. The summed E-state index contributed by atoms with van der Waals surface area (Å²) >= 11 is 0. The lowest BCUT2D eigenvalue weighted by Crippen LogP contribution is -2.42. The minimum absolute atomic E-state index is 0.279. The van der Waals surface area contributed by atoms with Gasteiger partial charge in [-0.25, -0.2) is 29.9 Å². The highest BCUT2D eigenvalue weighted by molar-refractivity contribution is 5.87. The quantitative estimate of drug-likeness (QED) is 0.129. The molecule has 0 aliphatic carbocycles. The Morgan fingerprint density at radius 3 is 0.895 bits per heavy atom. The van der Waals surface area contributed by atoms with E-state index in [1.54, 1.807) is 0 Å². The fourth-order valence-electron chi connectivity index (χ4n) is 17.2. The van der Waals surface area contributed by atoms with Crippen LogP contribution in [0, 0.1) is 41.5 Å². The number of aromatic nitrogens is 6. The van der Waals surface area contributed by atoms with Gasteiger partial charge in [0.2, 0.25) is 0 Å². The number of hydrogen-bond donors (Lipinski definition) is 0. The van der Waals surface area contributed by atoms with Crippen molar-refractivity contribution in [3.05, 3.63) is 289 Å². The molecule has 0 saturated carbocycles. The smallest absolute Gasteiger partial charge is 0.158 e. The lowest BCUT2D eigenvalue weighted by atomic mass is 10.1. The third-order valence-electron chi connectivity index (χ3n) is 23.0. The Balaban J connectivity index is 0.000000119. The molecule has 0 bridgehead atoms. The fraction of sp³-hybridized carbons (Fsp3) is 0.312. The van der Waals surface area contributed by atoms with Crippen molar-refractivity contribution in [3.8, 4) is 0 Å². The predicted molar refractivity (Wildman–Crippen MR) is 480 cm³/mol. The molecule has 6 aromatic heterocycles. The maximum absolute atomic E-state index is 4.63. The van der Waals surface area contributed by atoms with Crippen molar-refractivity contribution in [1.82, 2.24) is 29.9 Å².